The van der Waals surface area contributed by atoms with E-state index < -0.39 is 0 Å². The molecule has 0 heterocycles. The number of rotatable bonds is 2. The molecule has 0 aliphatic heterocycles. The van der Waals surface area contributed by atoms with Crippen molar-refractivity contribution in [3.63, 3.8) is 0 Å². The first kappa shape index (κ1) is 6.52. The standard InChI is InChI=1S/C6H11N/c1-3-5-6(7)4-2/h2,6H,3,5,7H2,1H3/t6-/m0/s1. The van der Waals surface area contributed by atoms with Crippen LogP contribution in [0.1, 0.15) is 19.8 Å². The maximum Gasteiger partial charge on any atom is 0.0661 e. The van der Waals surface area contributed by atoms with Crippen molar-refractivity contribution in [1.82, 2.24) is 0 Å². The van der Waals surface area contributed by atoms with Crippen LogP contribution in [-0.2, 0) is 0 Å². The van der Waals surface area contributed by atoms with Gasteiger partial charge in [-0.25, -0.2) is 0 Å². The predicted molar refractivity (Wildman–Crippen MR) is 31.7 cm³/mol. The number of terminal acetylenes is 1. The Hall–Kier alpha value is -0.480. The van der Waals surface area contributed by atoms with Crippen molar-refractivity contribution in [2.75, 3.05) is 0 Å². The zero-order valence-corrected chi connectivity index (χ0v) is 4.65. The SMILES string of the molecule is C#C[C@H](N)CCC. The van der Waals surface area contributed by atoms with E-state index in [-0.39, 0.29) is 6.04 Å². The van der Waals surface area contributed by atoms with Gasteiger partial charge in [-0.3, -0.25) is 0 Å². The van der Waals surface area contributed by atoms with Gasteiger partial charge in [0.15, 0.2) is 0 Å². The van der Waals surface area contributed by atoms with Crippen molar-refractivity contribution < 1.29 is 0 Å². The molecule has 0 aromatic rings. The molecule has 0 aliphatic rings. The maximum atomic E-state index is 5.35. The fourth-order valence-corrected chi connectivity index (χ4v) is 0.394. The molecule has 0 rings (SSSR count). The lowest BCUT2D eigenvalue weighted by atomic mass is 10.2. The van der Waals surface area contributed by atoms with Gasteiger partial charge in [0.1, 0.15) is 0 Å². The van der Waals surface area contributed by atoms with E-state index in [0.29, 0.717) is 0 Å². The van der Waals surface area contributed by atoms with Gasteiger partial charge in [-0.05, 0) is 6.42 Å². The fourth-order valence-electron chi connectivity index (χ4n) is 0.394. The van der Waals surface area contributed by atoms with Crippen LogP contribution in [0.3, 0.4) is 0 Å². The van der Waals surface area contributed by atoms with Crippen molar-refractivity contribution in [1.29, 1.82) is 0 Å². The highest BCUT2D eigenvalue weighted by molar-refractivity contribution is 4.95. The summed E-state index contributed by atoms with van der Waals surface area (Å²) in [6, 6.07) is -0.0231. The van der Waals surface area contributed by atoms with Gasteiger partial charge in [-0.15, -0.1) is 6.42 Å². The van der Waals surface area contributed by atoms with Gasteiger partial charge in [0.05, 0.1) is 6.04 Å². The smallest absolute Gasteiger partial charge is 0.0661 e. The topological polar surface area (TPSA) is 26.0 Å². The van der Waals surface area contributed by atoms with E-state index >= 15 is 0 Å². The summed E-state index contributed by atoms with van der Waals surface area (Å²) in [6.45, 7) is 2.07. The molecule has 0 unspecified atom stereocenters. The third kappa shape index (κ3) is 3.35. The van der Waals surface area contributed by atoms with E-state index in [1.54, 1.807) is 0 Å². The summed E-state index contributed by atoms with van der Waals surface area (Å²) >= 11 is 0. The van der Waals surface area contributed by atoms with E-state index in [4.69, 9.17) is 12.2 Å². The first-order valence-corrected chi connectivity index (χ1v) is 2.53. The Balaban J connectivity index is 3.04. The van der Waals surface area contributed by atoms with Crippen LogP contribution in [0.2, 0.25) is 0 Å². The van der Waals surface area contributed by atoms with Crippen LogP contribution < -0.4 is 5.73 Å². The summed E-state index contributed by atoms with van der Waals surface area (Å²) in [5.41, 5.74) is 5.35. The minimum atomic E-state index is -0.0231. The Kier molecular flexibility index (Phi) is 3.45. The Labute approximate surface area is 44.9 Å². The number of nitrogens with two attached hydrogens (primary N) is 1. The van der Waals surface area contributed by atoms with Crippen molar-refractivity contribution in [3.05, 3.63) is 0 Å². The summed E-state index contributed by atoms with van der Waals surface area (Å²) in [4.78, 5) is 0. The molecule has 0 amide bonds. The zero-order valence-electron chi connectivity index (χ0n) is 4.65. The second kappa shape index (κ2) is 3.70. The highest BCUT2D eigenvalue weighted by atomic mass is 14.6. The number of hydrogen-bond donors (Lipinski definition) is 1. The molecule has 0 aromatic carbocycles. The Morgan fingerprint density at radius 3 is 2.57 bits per heavy atom. The second-order valence-corrected chi connectivity index (χ2v) is 1.56. The zero-order chi connectivity index (χ0) is 5.70. The monoisotopic (exact) mass is 97.1 g/mol. The fraction of sp³-hybridized carbons (Fsp3) is 0.667. The van der Waals surface area contributed by atoms with Crippen LogP contribution in [0, 0.1) is 12.3 Å². The molecule has 1 heteroatoms. The van der Waals surface area contributed by atoms with Crippen LogP contribution in [0.15, 0.2) is 0 Å². The van der Waals surface area contributed by atoms with Gasteiger partial charge < -0.3 is 5.73 Å². The number of hydrogen-bond acceptors (Lipinski definition) is 1. The van der Waals surface area contributed by atoms with E-state index in [2.05, 4.69) is 12.8 Å². The summed E-state index contributed by atoms with van der Waals surface area (Å²) < 4.78 is 0. The van der Waals surface area contributed by atoms with Gasteiger partial charge in [0.2, 0.25) is 0 Å². The lowest BCUT2D eigenvalue weighted by Crippen LogP contribution is -2.15. The quantitative estimate of drug-likeness (QED) is 0.505. The molecular formula is C6H11N. The molecule has 2 N–H and O–H groups in total. The summed E-state index contributed by atoms with van der Waals surface area (Å²) in [5.74, 6) is 2.44. The summed E-state index contributed by atoms with van der Waals surface area (Å²) in [5, 5.41) is 0. The van der Waals surface area contributed by atoms with E-state index in [9.17, 15) is 0 Å². The molecule has 1 nitrogen and oxygen atoms in total. The van der Waals surface area contributed by atoms with E-state index in [1.165, 1.54) is 0 Å². The van der Waals surface area contributed by atoms with Gasteiger partial charge in [-0.1, -0.05) is 19.3 Å². The van der Waals surface area contributed by atoms with Crippen LogP contribution >= 0.6 is 0 Å². The minimum absolute atomic E-state index is 0.0231. The molecule has 40 valence electrons. The van der Waals surface area contributed by atoms with Gasteiger partial charge in [-0.2, -0.15) is 0 Å². The summed E-state index contributed by atoms with van der Waals surface area (Å²) in [6.07, 6.45) is 7.00. The third-order valence-corrected chi connectivity index (χ3v) is 0.814. The molecule has 0 aromatic heterocycles. The molecule has 0 saturated carbocycles. The Bertz CT molecular complexity index is 70.7. The summed E-state index contributed by atoms with van der Waals surface area (Å²) in [7, 11) is 0. The molecule has 0 fully saturated rings. The average Bonchev–Trinajstić information content (AvgIpc) is 1.68. The molecule has 1 atom stereocenters. The largest absolute Gasteiger partial charge is 0.318 e. The second-order valence-electron chi connectivity index (χ2n) is 1.56. The average molecular weight is 97.2 g/mol. The van der Waals surface area contributed by atoms with Crippen molar-refractivity contribution >= 4 is 0 Å². The molecule has 7 heavy (non-hydrogen) atoms. The van der Waals surface area contributed by atoms with Gasteiger partial charge in [0, 0.05) is 0 Å². The highest BCUT2D eigenvalue weighted by Crippen LogP contribution is 1.88. The Morgan fingerprint density at radius 2 is 2.43 bits per heavy atom. The first-order chi connectivity index (χ1) is 3.31. The molecular weight excluding hydrogens is 86.1 g/mol. The molecule has 0 bridgehead atoms. The predicted octanol–water partition coefficient (Wildman–Crippen LogP) is 0.747. The minimum Gasteiger partial charge on any atom is -0.318 e. The third-order valence-electron chi connectivity index (χ3n) is 0.814. The van der Waals surface area contributed by atoms with E-state index in [1.807, 2.05) is 0 Å². The van der Waals surface area contributed by atoms with Crippen LogP contribution in [0.25, 0.3) is 0 Å². The normalized spacial score (nSPS) is 12.7. The van der Waals surface area contributed by atoms with Crippen LogP contribution in [0.5, 0.6) is 0 Å². The van der Waals surface area contributed by atoms with Gasteiger partial charge >= 0.3 is 0 Å². The maximum absolute atomic E-state index is 5.35. The molecule has 0 aliphatic carbocycles. The van der Waals surface area contributed by atoms with Crippen molar-refractivity contribution in [2.24, 2.45) is 5.73 Å². The molecule has 0 saturated heterocycles. The lowest BCUT2D eigenvalue weighted by Gasteiger charge is -1.96. The van der Waals surface area contributed by atoms with Crippen LogP contribution in [0.4, 0.5) is 0 Å². The highest BCUT2D eigenvalue weighted by Gasteiger charge is 1.89. The van der Waals surface area contributed by atoms with Crippen molar-refractivity contribution in [3.8, 4) is 12.3 Å². The molecule has 0 radical (unpaired) electrons. The Morgan fingerprint density at radius 1 is 1.86 bits per heavy atom. The lowest BCUT2D eigenvalue weighted by molar-refractivity contribution is 0.721. The molecule has 0 spiro atoms. The van der Waals surface area contributed by atoms with Crippen LogP contribution in [-0.4, -0.2) is 6.04 Å². The van der Waals surface area contributed by atoms with Crippen molar-refractivity contribution in [2.45, 2.75) is 25.8 Å². The first-order valence-electron chi connectivity index (χ1n) is 2.53. The van der Waals surface area contributed by atoms with Gasteiger partial charge in [0.25, 0.3) is 0 Å². The van der Waals surface area contributed by atoms with E-state index in [0.717, 1.165) is 12.8 Å².